The lowest BCUT2D eigenvalue weighted by Crippen LogP contribution is -2.31. The molecule has 0 aliphatic rings. The van der Waals surface area contributed by atoms with Crippen LogP contribution in [-0.4, -0.2) is 23.6 Å². The maximum Gasteiger partial charge on any atom is 0.193 e. The van der Waals surface area contributed by atoms with Gasteiger partial charge in [-0.3, -0.25) is 4.79 Å². The molecule has 3 nitrogen and oxygen atoms in total. The van der Waals surface area contributed by atoms with E-state index in [1.165, 1.54) is 27.0 Å². The molecule has 1 aromatic rings. The van der Waals surface area contributed by atoms with E-state index >= 15 is 0 Å². The summed E-state index contributed by atoms with van der Waals surface area (Å²) < 4.78 is 4.98. The summed E-state index contributed by atoms with van der Waals surface area (Å²) in [6.45, 7) is 2.88. The van der Waals surface area contributed by atoms with Gasteiger partial charge in [0.2, 0.25) is 0 Å². The summed E-state index contributed by atoms with van der Waals surface area (Å²) in [6.07, 6.45) is 0. The van der Waals surface area contributed by atoms with E-state index in [0.717, 1.165) is 0 Å². The molecule has 1 aromatic carbocycles. The van der Waals surface area contributed by atoms with Gasteiger partial charge in [0.15, 0.2) is 5.78 Å². The summed E-state index contributed by atoms with van der Waals surface area (Å²) in [5.74, 6) is 0.0595. The largest absolute Gasteiger partial charge is 0.495 e. The minimum absolute atomic E-state index is 0.363. The van der Waals surface area contributed by atoms with E-state index in [9.17, 15) is 9.90 Å². The van der Waals surface area contributed by atoms with Crippen molar-refractivity contribution in [3.05, 3.63) is 28.8 Å². The molecular weight excluding hydrogens is 216 g/mol. The number of carbonyl (C=O) groups is 1. The van der Waals surface area contributed by atoms with E-state index in [1.807, 2.05) is 0 Å². The predicted molar refractivity (Wildman–Crippen MR) is 58.6 cm³/mol. The number of benzene rings is 1. The Labute approximate surface area is 93.6 Å². The van der Waals surface area contributed by atoms with Crippen LogP contribution in [0.15, 0.2) is 18.2 Å². The Bertz CT molecular complexity index is 380. The smallest absolute Gasteiger partial charge is 0.193 e. The highest BCUT2D eigenvalue weighted by Crippen LogP contribution is 2.26. The van der Waals surface area contributed by atoms with E-state index in [1.54, 1.807) is 12.1 Å². The van der Waals surface area contributed by atoms with Gasteiger partial charge in [0.05, 0.1) is 12.1 Å². The quantitative estimate of drug-likeness (QED) is 0.808. The van der Waals surface area contributed by atoms with Gasteiger partial charge in [0.25, 0.3) is 0 Å². The number of carbonyl (C=O) groups excluding carboxylic acids is 1. The van der Waals surface area contributed by atoms with Crippen molar-refractivity contribution >= 4 is 17.4 Å². The molecular formula is C11H13ClO3. The SMILES string of the molecule is COc1cc(C(=O)C(C)(C)O)ccc1Cl. The normalized spacial score (nSPS) is 11.3. The van der Waals surface area contributed by atoms with E-state index in [-0.39, 0.29) is 5.78 Å². The average molecular weight is 229 g/mol. The zero-order valence-corrected chi connectivity index (χ0v) is 9.63. The van der Waals surface area contributed by atoms with Gasteiger partial charge in [-0.25, -0.2) is 0 Å². The van der Waals surface area contributed by atoms with Gasteiger partial charge < -0.3 is 9.84 Å². The zero-order chi connectivity index (χ0) is 11.6. The molecule has 0 unspecified atom stereocenters. The Morgan fingerprint density at radius 3 is 2.53 bits per heavy atom. The van der Waals surface area contributed by atoms with Gasteiger partial charge in [-0.05, 0) is 32.0 Å². The maximum atomic E-state index is 11.7. The number of hydrogen-bond acceptors (Lipinski definition) is 3. The molecule has 1 rings (SSSR count). The van der Waals surface area contributed by atoms with Crippen LogP contribution in [0.3, 0.4) is 0 Å². The van der Waals surface area contributed by atoms with Crippen LogP contribution in [0.1, 0.15) is 24.2 Å². The maximum absolute atomic E-state index is 11.7. The first kappa shape index (κ1) is 12.0. The first-order chi connectivity index (χ1) is 6.86. The fourth-order valence-electron chi connectivity index (χ4n) is 1.15. The molecule has 0 saturated heterocycles. The molecule has 0 amide bonds. The molecule has 1 N–H and O–H groups in total. The Kier molecular flexibility index (Phi) is 3.37. The van der Waals surface area contributed by atoms with Crippen molar-refractivity contribution in [1.82, 2.24) is 0 Å². The molecule has 0 aliphatic heterocycles. The lowest BCUT2D eigenvalue weighted by molar-refractivity contribution is 0.0487. The minimum atomic E-state index is -1.39. The topological polar surface area (TPSA) is 46.5 Å². The molecule has 0 fully saturated rings. The van der Waals surface area contributed by atoms with Crippen molar-refractivity contribution in [3.8, 4) is 5.75 Å². The second-order valence-corrected chi connectivity index (χ2v) is 4.14. The number of halogens is 1. The van der Waals surface area contributed by atoms with Crippen LogP contribution in [-0.2, 0) is 0 Å². The predicted octanol–water partition coefficient (Wildman–Crippen LogP) is 2.30. The Hall–Kier alpha value is -1.06. The van der Waals surface area contributed by atoms with Crippen molar-refractivity contribution < 1.29 is 14.6 Å². The average Bonchev–Trinajstić information content (AvgIpc) is 2.16. The van der Waals surface area contributed by atoms with Crippen molar-refractivity contribution in [2.75, 3.05) is 7.11 Å². The Morgan fingerprint density at radius 2 is 2.07 bits per heavy atom. The van der Waals surface area contributed by atoms with Crippen LogP contribution in [0.25, 0.3) is 0 Å². The van der Waals surface area contributed by atoms with Crippen LogP contribution in [0, 0.1) is 0 Å². The van der Waals surface area contributed by atoms with Crippen LogP contribution in [0.2, 0.25) is 5.02 Å². The first-order valence-corrected chi connectivity index (χ1v) is 4.85. The highest BCUT2D eigenvalue weighted by atomic mass is 35.5. The molecule has 0 saturated carbocycles. The zero-order valence-electron chi connectivity index (χ0n) is 8.87. The van der Waals surface area contributed by atoms with Crippen molar-refractivity contribution in [2.45, 2.75) is 19.4 Å². The van der Waals surface area contributed by atoms with Crippen molar-refractivity contribution in [2.24, 2.45) is 0 Å². The van der Waals surface area contributed by atoms with Gasteiger partial charge in [-0.1, -0.05) is 11.6 Å². The molecule has 4 heteroatoms. The summed E-state index contributed by atoms with van der Waals surface area (Å²) in [7, 11) is 1.47. The van der Waals surface area contributed by atoms with Crippen LogP contribution in [0.4, 0.5) is 0 Å². The second kappa shape index (κ2) is 4.21. The molecule has 0 aliphatic carbocycles. The third-order valence-electron chi connectivity index (χ3n) is 1.97. The van der Waals surface area contributed by atoms with Gasteiger partial charge in [0.1, 0.15) is 11.4 Å². The van der Waals surface area contributed by atoms with Crippen LogP contribution < -0.4 is 4.74 Å². The van der Waals surface area contributed by atoms with Crippen molar-refractivity contribution in [3.63, 3.8) is 0 Å². The van der Waals surface area contributed by atoms with E-state index in [4.69, 9.17) is 16.3 Å². The molecule has 0 spiro atoms. The standard InChI is InChI=1S/C11H13ClO3/c1-11(2,14)10(13)7-4-5-8(12)9(6-7)15-3/h4-6,14H,1-3H3. The first-order valence-electron chi connectivity index (χ1n) is 4.47. The minimum Gasteiger partial charge on any atom is -0.495 e. The number of methoxy groups -OCH3 is 1. The molecule has 0 bridgehead atoms. The third kappa shape index (κ3) is 2.70. The number of ketones is 1. The summed E-state index contributed by atoms with van der Waals surface area (Å²) in [5, 5.41) is 9.98. The van der Waals surface area contributed by atoms with Gasteiger partial charge in [-0.15, -0.1) is 0 Å². The number of Topliss-reactive ketones (excluding diaryl/α,β-unsaturated/α-hetero) is 1. The van der Waals surface area contributed by atoms with E-state index < -0.39 is 5.60 Å². The van der Waals surface area contributed by atoms with E-state index in [0.29, 0.717) is 16.3 Å². The molecule has 0 atom stereocenters. The van der Waals surface area contributed by atoms with Crippen LogP contribution >= 0.6 is 11.6 Å². The third-order valence-corrected chi connectivity index (χ3v) is 2.28. The summed E-state index contributed by atoms with van der Waals surface area (Å²) in [5.41, 5.74) is -1.01. The molecule has 0 heterocycles. The lowest BCUT2D eigenvalue weighted by atomic mass is 9.97. The second-order valence-electron chi connectivity index (χ2n) is 3.74. The highest BCUT2D eigenvalue weighted by Gasteiger charge is 2.25. The summed E-state index contributed by atoms with van der Waals surface area (Å²) in [6, 6.07) is 4.65. The van der Waals surface area contributed by atoms with Crippen LogP contribution in [0.5, 0.6) is 5.75 Å². The molecule has 82 valence electrons. The molecule has 0 aromatic heterocycles. The summed E-state index contributed by atoms with van der Waals surface area (Å²) >= 11 is 5.82. The molecule has 15 heavy (non-hydrogen) atoms. The fourth-order valence-corrected chi connectivity index (χ4v) is 1.35. The summed E-state index contributed by atoms with van der Waals surface area (Å²) in [4.78, 5) is 11.7. The fraction of sp³-hybridized carbons (Fsp3) is 0.364. The van der Waals surface area contributed by atoms with E-state index in [2.05, 4.69) is 0 Å². The molecule has 0 radical (unpaired) electrons. The Morgan fingerprint density at radius 1 is 1.47 bits per heavy atom. The van der Waals surface area contributed by atoms with Gasteiger partial charge in [-0.2, -0.15) is 0 Å². The number of ether oxygens (including phenoxy) is 1. The number of rotatable bonds is 3. The lowest BCUT2D eigenvalue weighted by Gasteiger charge is -2.16. The number of hydrogen-bond donors (Lipinski definition) is 1. The van der Waals surface area contributed by atoms with Crippen molar-refractivity contribution in [1.29, 1.82) is 0 Å². The van der Waals surface area contributed by atoms with Gasteiger partial charge in [0, 0.05) is 5.56 Å². The highest BCUT2D eigenvalue weighted by molar-refractivity contribution is 6.32. The number of aliphatic hydroxyl groups is 1. The monoisotopic (exact) mass is 228 g/mol. The Balaban J connectivity index is 3.12. The van der Waals surface area contributed by atoms with Gasteiger partial charge >= 0.3 is 0 Å².